The van der Waals surface area contributed by atoms with E-state index in [0.717, 1.165) is 0 Å². The van der Waals surface area contributed by atoms with Crippen LogP contribution in [0.4, 0.5) is 0 Å². The molecule has 10 nitrogen and oxygen atoms in total. The predicted molar refractivity (Wildman–Crippen MR) is 129 cm³/mol. The lowest BCUT2D eigenvalue weighted by molar-refractivity contribution is -0.153. The number of esters is 2. The third kappa shape index (κ3) is 10.2. The minimum Gasteiger partial charge on any atom is -0.497 e. The molecule has 2 aromatic carbocycles. The lowest BCUT2D eigenvalue weighted by Crippen LogP contribution is -2.26. The van der Waals surface area contributed by atoms with E-state index in [9.17, 15) is 29.4 Å². The maximum Gasteiger partial charge on any atom is 0.335 e. The van der Waals surface area contributed by atoms with Crippen molar-refractivity contribution in [2.75, 3.05) is 27.4 Å². The lowest BCUT2D eigenvalue weighted by Gasteiger charge is -2.09. The number of methoxy groups -OCH3 is 2. The highest BCUT2D eigenvalue weighted by Crippen LogP contribution is 2.15. The predicted octanol–water partition coefficient (Wildman–Crippen LogP) is 2.38. The van der Waals surface area contributed by atoms with Gasteiger partial charge in [0.15, 0.2) is 23.8 Å². The maximum atomic E-state index is 11.8. The minimum atomic E-state index is -1.42. The zero-order valence-corrected chi connectivity index (χ0v) is 20.8. The summed E-state index contributed by atoms with van der Waals surface area (Å²) in [5.74, 6) is -0.926. The summed E-state index contributed by atoms with van der Waals surface area (Å²) in [6.07, 6.45) is -3.41. The Morgan fingerprint density at radius 3 is 1.19 bits per heavy atom. The normalized spacial score (nSPS) is 11.7. The molecule has 10 heteroatoms. The third-order valence-corrected chi connectivity index (χ3v) is 4.70. The molecule has 0 bridgehead atoms. The highest BCUT2D eigenvalue weighted by atomic mass is 16.5. The van der Waals surface area contributed by atoms with Gasteiger partial charge in [0, 0.05) is 24.0 Å². The molecule has 0 heterocycles. The Kier molecular flexibility index (Phi) is 13.5. The van der Waals surface area contributed by atoms with Crippen LogP contribution in [0.15, 0.2) is 48.5 Å². The highest BCUT2D eigenvalue weighted by molar-refractivity contribution is 5.99. The molecule has 0 aliphatic carbocycles. The van der Waals surface area contributed by atoms with E-state index in [-0.39, 0.29) is 37.6 Å². The molecule has 0 unspecified atom stereocenters. The molecule has 196 valence electrons. The molecule has 0 saturated carbocycles. The number of carbonyl (C=O) groups excluding carboxylic acids is 4. The molecule has 2 aromatic rings. The molecule has 0 aliphatic heterocycles. The third-order valence-electron chi connectivity index (χ3n) is 4.70. The van der Waals surface area contributed by atoms with Gasteiger partial charge in [-0.05, 0) is 62.4 Å². The number of Topliss-reactive ketones (excluding diaryl/α,β-unsaturated/α-hetero) is 2. The molecular formula is C26H32O10. The van der Waals surface area contributed by atoms with Crippen molar-refractivity contribution in [2.24, 2.45) is 0 Å². The van der Waals surface area contributed by atoms with Crippen LogP contribution in [0.3, 0.4) is 0 Å². The molecule has 0 aliphatic rings. The van der Waals surface area contributed by atoms with Crippen molar-refractivity contribution in [3.63, 3.8) is 0 Å². The average molecular weight is 505 g/mol. The topological polar surface area (TPSA) is 146 Å². The van der Waals surface area contributed by atoms with Crippen LogP contribution in [0.1, 0.15) is 47.4 Å². The summed E-state index contributed by atoms with van der Waals surface area (Å²) in [4.78, 5) is 45.8. The monoisotopic (exact) mass is 504 g/mol. The van der Waals surface area contributed by atoms with E-state index in [0.29, 0.717) is 22.6 Å². The Hall–Kier alpha value is -3.76. The minimum absolute atomic E-state index is 0.173. The molecule has 2 N–H and O–H groups in total. The first kappa shape index (κ1) is 30.3. The standard InChI is InChI=1S/2C13H16O5/c2*1-3-18-13(16)12(15)8-11(14)9-4-6-10(17-2)7-5-9/h2*4-7,12,15H,3,8H2,1-2H3/t2*12-/m11/s1. The van der Waals surface area contributed by atoms with Crippen molar-refractivity contribution in [1.29, 1.82) is 0 Å². The molecule has 36 heavy (non-hydrogen) atoms. The number of carbonyl (C=O) groups is 4. The van der Waals surface area contributed by atoms with Crippen molar-refractivity contribution in [2.45, 2.75) is 38.9 Å². The van der Waals surface area contributed by atoms with Gasteiger partial charge in [-0.15, -0.1) is 0 Å². The van der Waals surface area contributed by atoms with Crippen LogP contribution < -0.4 is 9.47 Å². The molecule has 0 fully saturated rings. The van der Waals surface area contributed by atoms with E-state index in [2.05, 4.69) is 9.47 Å². The summed E-state index contributed by atoms with van der Waals surface area (Å²) in [5.41, 5.74) is 0.832. The van der Waals surface area contributed by atoms with Crippen LogP contribution in [-0.4, -0.2) is 73.4 Å². The largest absolute Gasteiger partial charge is 0.497 e. The van der Waals surface area contributed by atoms with E-state index in [1.807, 2.05) is 0 Å². The molecule has 2 atom stereocenters. The fourth-order valence-electron chi connectivity index (χ4n) is 2.78. The summed E-state index contributed by atoms with van der Waals surface area (Å²) < 4.78 is 19.2. The van der Waals surface area contributed by atoms with Gasteiger partial charge in [-0.25, -0.2) is 9.59 Å². The Balaban J connectivity index is 0.000000360. The number of aliphatic hydroxyl groups is 2. The van der Waals surface area contributed by atoms with Crippen molar-refractivity contribution in [3.8, 4) is 11.5 Å². The van der Waals surface area contributed by atoms with Crippen molar-refractivity contribution in [3.05, 3.63) is 59.7 Å². The average Bonchev–Trinajstić information content (AvgIpc) is 2.89. The van der Waals surface area contributed by atoms with Gasteiger partial charge in [-0.2, -0.15) is 0 Å². The quantitative estimate of drug-likeness (QED) is 0.326. The summed E-state index contributed by atoms with van der Waals surface area (Å²) in [6, 6.07) is 12.9. The summed E-state index contributed by atoms with van der Waals surface area (Å²) >= 11 is 0. The number of ether oxygens (including phenoxy) is 4. The van der Waals surface area contributed by atoms with Gasteiger partial charge in [-0.1, -0.05) is 0 Å². The first-order chi connectivity index (χ1) is 17.2. The summed E-state index contributed by atoms with van der Waals surface area (Å²) in [7, 11) is 3.06. The molecule has 2 rings (SSSR count). The SMILES string of the molecule is CCOC(=O)[C@H](O)CC(=O)c1ccc(OC)cc1.CCOC(=O)[C@H](O)CC(=O)c1ccc(OC)cc1. The van der Waals surface area contributed by atoms with E-state index in [4.69, 9.17) is 9.47 Å². The number of hydrogen-bond acceptors (Lipinski definition) is 10. The van der Waals surface area contributed by atoms with Gasteiger partial charge in [-0.3, -0.25) is 9.59 Å². The Bertz CT molecular complexity index is 901. The van der Waals surface area contributed by atoms with Crippen LogP contribution in [-0.2, 0) is 19.1 Å². The van der Waals surface area contributed by atoms with Crippen LogP contribution >= 0.6 is 0 Å². The van der Waals surface area contributed by atoms with Crippen LogP contribution in [0.25, 0.3) is 0 Å². The molecule has 0 spiro atoms. The summed E-state index contributed by atoms with van der Waals surface area (Å²) in [6.45, 7) is 3.62. The van der Waals surface area contributed by atoms with E-state index < -0.39 is 24.1 Å². The van der Waals surface area contributed by atoms with E-state index in [1.165, 1.54) is 14.2 Å². The molecule has 0 radical (unpaired) electrons. The fraction of sp³-hybridized carbons (Fsp3) is 0.385. The van der Waals surface area contributed by atoms with E-state index >= 15 is 0 Å². The van der Waals surface area contributed by atoms with Gasteiger partial charge >= 0.3 is 11.9 Å². The lowest BCUT2D eigenvalue weighted by atomic mass is 10.1. The number of ketones is 2. The first-order valence-corrected chi connectivity index (χ1v) is 11.2. The molecule has 0 amide bonds. The second-order valence-electron chi connectivity index (χ2n) is 7.25. The number of rotatable bonds is 12. The number of benzene rings is 2. The highest BCUT2D eigenvalue weighted by Gasteiger charge is 2.21. The van der Waals surface area contributed by atoms with Crippen molar-refractivity contribution in [1.82, 2.24) is 0 Å². The fourth-order valence-corrected chi connectivity index (χ4v) is 2.78. The molecule has 0 aromatic heterocycles. The van der Waals surface area contributed by atoms with Crippen LogP contribution in [0, 0.1) is 0 Å². The zero-order valence-electron chi connectivity index (χ0n) is 20.8. The maximum absolute atomic E-state index is 11.8. The van der Waals surface area contributed by atoms with Crippen LogP contribution in [0.5, 0.6) is 11.5 Å². The van der Waals surface area contributed by atoms with Gasteiger partial charge in [0.05, 0.1) is 27.4 Å². The Morgan fingerprint density at radius 1 is 0.639 bits per heavy atom. The first-order valence-electron chi connectivity index (χ1n) is 11.2. The Labute approximate surface area is 209 Å². The van der Waals surface area contributed by atoms with Crippen LogP contribution in [0.2, 0.25) is 0 Å². The van der Waals surface area contributed by atoms with Gasteiger partial charge in [0.1, 0.15) is 11.5 Å². The number of hydrogen-bond donors (Lipinski definition) is 2. The van der Waals surface area contributed by atoms with Gasteiger partial charge < -0.3 is 29.2 Å². The zero-order chi connectivity index (χ0) is 27.1. The van der Waals surface area contributed by atoms with Crippen molar-refractivity contribution >= 4 is 23.5 Å². The smallest absolute Gasteiger partial charge is 0.335 e. The van der Waals surface area contributed by atoms with Gasteiger partial charge in [0.2, 0.25) is 0 Å². The van der Waals surface area contributed by atoms with E-state index in [1.54, 1.807) is 62.4 Å². The molecule has 0 saturated heterocycles. The molecular weight excluding hydrogens is 472 g/mol. The number of aliphatic hydroxyl groups excluding tert-OH is 2. The summed E-state index contributed by atoms with van der Waals surface area (Å²) in [5, 5.41) is 18.9. The Morgan fingerprint density at radius 2 is 0.944 bits per heavy atom. The second-order valence-corrected chi connectivity index (χ2v) is 7.25. The second kappa shape index (κ2) is 16.0. The van der Waals surface area contributed by atoms with Crippen molar-refractivity contribution < 1.29 is 48.3 Å². The van der Waals surface area contributed by atoms with Gasteiger partial charge in [0.25, 0.3) is 0 Å².